The van der Waals surface area contributed by atoms with Gasteiger partial charge in [-0.15, -0.1) is 0 Å². The van der Waals surface area contributed by atoms with Crippen LogP contribution in [-0.4, -0.2) is 11.1 Å². The number of carbonyl (C=O) groups is 1. The molecule has 17 heavy (non-hydrogen) atoms. The quantitative estimate of drug-likeness (QED) is 0.921. The molecule has 0 aliphatic heterocycles. The number of aromatic hydroxyl groups is 1. The number of phenols is 1. The Kier molecular flexibility index (Phi) is 7.69. The van der Waals surface area contributed by atoms with Crippen LogP contribution in [0.1, 0.15) is 38.1 Å². The van der Waals surface area contributed by atoms with E-state index in [0.29, 0.717) is 0 Å². The van der Waals surface area contributed by atoms with Gasteiger partial charge in [0.25, 0.3) is 0 Å². The number of aromatic carboxylic acids is 1. The zero-order valence-corrected chi connectivity index (χ0v) is 11.9. The third-order valence-corrected chi connectivity index (χ3v) is 3.37. The molecule has 0 saturated carbocycles. The molecule has 0 radical (unpaired) electrons. The number of rotatable bonds is 3. The zero-order chi connectivity index (χ0) is 13.4. The van der Waals surface area contributed by atoms with Crippen LogP contribution in [0.5, 0.6) is 5.75 Å². The van der Waals surface area contributed by atoms with Gasteiger partial charge in [-0.25, -0.2) is 0 Å². The second-order valence-corrected chi connectivity index (χ2v) is 7.41. The molecular weight excluding hydrogens is 256 g/mol. The topological polar surface area (TPSA) is 60.4 Å². The molecule has 3 nitrogen and oxygen atoms in total. The fourth-order valence-electron chi connectivity index (χ4n) is 1.19. The van der Waals surface area contributed by atoms with Crippen molar-refractivity contribution in [3.05, 3.63) is 29.8 Å². The van der Waals surface area contributed by atoms with E-state index in [1.807, 2.05) is 0 Å². The molecule has 1 aromatic carbocycles. The summed E-state index contributed by atoms with van der Waals surface area (Å²) in [5.41, 5.74) is -0.178. The molecule has 0 saturated heterocycles. The molecule has 0 spiro atoms. The Labute approximate surface area is 109 Å². The van der Waals surface area contributed by atoms with Gasteiger partial charge in [-0.1, -0.05) is 12.1 Å². The Bertz CT molecular complexity index is 342. The summed E-state index contributed by atoms with van der Waals surface area (Å²) in [7, 11) is 0. The minimum atomic E-state index is -1.36. The monoisotopic (exact) mass is 275 g/mol. The van der Waals surface area contributed by atoms with E-state index in [9.17, 15) is 9.90 Å². The molecule has 0 aliphatic rings. The minimum Gasteiger partial charge on any atom is -0.545 e. The Hall–Kier alpha value is -0.978. The van der Waals surface area contributed by atoms with Crippen LogP contribution < -0.4 is 5.11 Å². The Morgan fingerprint density at radius 1 is 1.18 bits per heavy atom. The van der Waals surface area contributed by atoms with Crippen LogP contribution in [0.25, 0.3) is 0 Å². The fraction of sp³-hybridized carbons (Fsp3) is 0.462. The number of carboxylic acid groups (broad SMARTS) is 1. The predicted molar refractivity (Wildman–Crippen MR) is 62.6 cm³/mol. The third kappa shape index (κ3) is 7.84. The summed E-state index contributed by atoms with van der Waals surface area (Å²) in [6, 6.07) is 5.64. The van der Waals surface area contributed by atoms with Gasteiger partial charge >= 0.3 is 52.5 Å². The zero-order valence-electron chi connectivity index (χ0n) is 10.6. The standard InChI is InChI=1S/C7H6O3.2C3H7.Cr/c8-6-4-2-1-3-5(6)7(9)10;2*1-3-2;/h1-4,8H,(H,9,10);2*3H,1-2H3;/q;;;+1/p-1. The SMILES string of the molecule is C[CH](C)[Cr+][CH](C)C.O=C([O-])c1ccccc1O. The van der Waals surface area contributed by atoms with Crippen molar-refractivity contribution < 1.29 is 30.2 Å². The van der Waals surface area contributed by atoms with Crippen molar-refractivity contribution in [2.45, 2.75) is 37.3 Å². The second-order valence-electron chi connectivity index (χ2n) is 4.04. The van der Waals surface area contributed by atoms with Crippen molar-refractivity contribution in [1.29, 1.82) is 0 Å². The average Bonchev–Trinajstić information content (AvgIpc) is 2.16. The van der Waals surface area contributed by atoms with E-state index in [1.165, 1.54) is 18.2 Å². The van der Waals surface area contributed by atoms with Crippen LogP contribution in [-0.2, 0) is 15.2 Å². The summed E-state index contributed by atoms with van der Waals surface area (Å²) in [4.78, 5) is 10.2. The van der Waals surface area contributed by atoms with E-state index in [0.717, 1.165) is 24.8 Å². The average molecular weight is 275 g/mol. The normalized spacial score (nSPS) is 9.76. The molecule has 1 aromatic rings. The maximum atomic E-state index is 10.2. The predicted octanol–water partition coefficient (Wildman–Crippen LogP) is 2.48. The van der Waals surface area contributed by atoms with E-state index >= 15 is 0 Å². The van der Waals surface area contributed by atoms with Gasteiger partial charge in [-0.05, 0) is 12.1 Å². The number of para-hydroxylation sites is 1. The van der Waals surface area contributed by atoms with Crippen LogP contribution in [0.2, 0.25) is 9.56 Å². The smallest absolute Gasteiger partial charge is 0.124 e. The number of hydrogen-bond acceptors (Lipinski definition) is 3. The van der Waals surface area contributed by atoms with Crippen molar-refractivity contribution in [2.24, 2.45) is 0 Å². The first-order valence-electron chi connectivity index (χ1n) is 5.49. The maximum absolute atomic E-state index is 10.2. The summed E-state index contributed by atoms with van der Waals surface area (Å²) in [5, 5.41) is 19.0. The molecule has 0 bridgehead atoms. The molecule has 1 rings (SSSR count). The minimum absolute atomic E-state index is 0.178. The molecule has 0 aromatic heterocycles. The first-order chi connectivity index (χ1) is 7.84. The number of benzene rings is 1. The van der Waals surface area contributed by atoms with E-state index in [2.05, 4.69) is 27.7 Å². The van der Waals surface area contributed by atoms with E-state index in [1.54, 1.807) is 6.07 Å². The number of carbonyl (C=O) groups excluding carboxylic acids is 1. The Morgan fingerprint density at radius 3 is 1.88 bits per heavy atom. The molecule has 0 amide bonds. The van der Waals surface area contributed by atoms with Crippen molar-refractivity contribution in [3.8, 4) is 5.75 Å². The number of carboxylic acids is 1. The van der Waals surface area contributed by atoms with E-state index < -0.39 is 5.97 Å². The first kappa shape index (κ1) is 16.0. The molecule has 0 heterocycles. The Morgan fingerprint density at radius 2 is 1.65 bits per heavy atom. The van der Waals surface area contributed by atoms with Gasteiger partial charge in [-0.2, -0.15) is 0 Å². The van der Waals surface area contributed by atoms with Crippen LogP contribution in [0.3, 0.4) is 0 Å². The van der Waals surface area contributed by atoms with Crippen LogP contribution in [0, 0.1) is 0 Å². The number of hydrogen-bond donors (Lipinski definition) is 1. The summed E-state index contributed by atoms with van der Waals surface area (Å²) < 4.78 is 1.87. The van der Waals surface area contributed by atoms with Crippen molar-refractivity contribution in [3.63, 3.8) is 0 Å². The molecule has 0 aliphatic carbocycles. The molecule has 1 N–H and O–H groups in total. The van der Waals surface area contributed by atoms with E-state index in [-0.39, 0.29) is 11.3 Å². The molecule has 0 unspecified atom stereocenters. The maximum Gasteiger partial charge on any atom is 0.124 e. The largest absolute Gasteiger partial charge is 0.545 e. The van der Waals surface area contributed by atoms with Gasteiger partial charge in [-0.3, -0.25) is 0 Å². The van der Waals surface area contributed by atoms with Gasteiger partial charge in [0.15, 0.2) is 0 Å². The van der Waals surface area contributed by atoms with Gasteiger partial charge in [0.1, 0.15) is 5.75 Å². The third-order valence-electron chi connectivity index (χ3n) is 1.67. The van der Waals surface area contributed by atoms with Crippen LogP contribution >= 0.6 is 0 Å². The molecule has 95 valence electrons. The fourth-order valence-corrected chi connectivity index (χ4v) is 2.89. The summed E-state index contributed by atoms with van der Waals surface area (Å²) in [6.07, 6.45) is 0. The van der Waals surface area contributed by atoms with E-state index in [4.69, 9.17) is 5.11 Å². The van der Waals surface area contributed by atoms with Gasteiger partial charge in [0, 0.05) is 5.56 Å². The molecular formula is C13H19CrO3. The second kappa shape index (κ2) is 8.16. The van der Waals surface area contributed by atoms with Gasteiger partial charge in [0.2, 0.25) is 0 Å². The summed E-state index contributed by atoms with van der Waals surface area (Å²) >= 11 is 0.875. The van der Waals surface area contributed by atoms with Crippen molar-refractivity contribution in [2.75, 3.05) is 0 Å². The van der Waals surface area contributed by atoms with Gasteiger partial charge < -0.3 is 15.0 Å². The first-order valence-corrected chi connectivity index (χ1v) is 6.96. The van der Waals surface area contributed by atoms with Crippen LogP contribution in [0.4, 0.5) is 0 Å². The molecule has 4 heteroatoms. The van der Waals surface area contributed by atoms with Crippen molar-refractivity contribution >= 4 is 5.97 Å². The van der Waals surface area contributed by atoms with Gasteiger partial charge in [0.05, 0.1) is 5.97 Å². The molecule has 0 atom stereocenters. The summed E-state index contributed by atoms with van der Waals surface area (Å²) in [5.74, 6) is -1.62. The van der Waals surface area contributed by atoms with Crippen LogP contribution in [0.15, 0.2) is 24.3 Å². The summed E-state index contributed by atoms with van der Waals surface area (Å²) in [6.45, 7) is 9.17. The molecule has 0 fully saturated rings. The Balaban J connectivity index is 0.000000325. The van der Waals surface area contributed by atoms with Crippen molar-refractivity contribution in [1.82, 2.24) is 0 Å².